The molecular weight excluding hydrogens is 498 g/mol. The van der Waals surface area contributed by atoms with Gasteiger partial charge < -0.3 is 28.4 Å². The average molecular weight is 540 g/mol. The number of fused-ring (bicyclic) bond motifs is 1. The van der Waals surface area contributed by atoms with Crippen molar-refractivity contribution in [2.75, 3.05) is 52.7 Å². The second-order valence-corrected chi connectivity index (χ2v) is 10.9. The van der Waals surface area contributed by atoms with Gasteiger partial charge >= 0.3 is 0 Å². The van der Waals surface area contributed by atoms with E-state index in [4.69, 9.17) is 18.6 Å². The molecule has 9 nitrogen and oxygen atoms in total. The van der Waals surface area contributed by atoms with Gasteiger partial charge in [0.2, 0.25) is 18.6 Å². The van der Waals surface area contributed by atoms with Gasteiger partial charge in [-0.2, -0.15) is 0 Å². The molecule has 0 unspecified atom stereocenters. The van der Waals surface area contributed by atoms with Crippen LogP contribution in [0.3, 0.4) is 0 Å². The Labute approximate surface area is 231 Å². The van der Waals surface area contributed by atoms with Crippen LogP contribution < -0.4 is 9.47 Å². The van der Waals surface area contributed by atoms with E-state index in [9.17, 15) is 9.59 Å². The lowest BCUT2D eigenvalue weighted by Gasteiger charge is -2.31. The Balaban J connectivity index is 1.28. The summed E-state index contributed by atoms with van der Waals surface area (Å²) in [5.41, 5.74) is 0.934. The van der Waals surface area contributed by atoms with Gasteiger partial charge in [0.1, 0.15) is 11.5 Å². The summed E-state index contributed by atoms with van der Waals surface area (Å²) in [6.45, 7) is 7.26. The van der Waals surface area contributed by atoms with Crippen LogP contribution >= 0.6 is 0 Å². The van der Waals surface area contributed by atoms with Crippen LogP contribution in [0.2, 0.25) is 0 Å². The second kappa shape index (κ2) is 13.3. The first-order chi connectivity index (χ1) is 19.0. The third kappa shape index (κ3) is 7.76. The molecule has 2 aromatic rings. The third-order valence-corrected chi connectivity index (χ3v) is 8.02. The predicted molar refractivity (Wildman–Crippen MR) is 145 cm³/mol. The lowest BCUT2D eigenvalue weighted by molar-refractivity contribution is -0.141. The number of amides is 2. The highest BCUT2D eigenvalue weighted by Gasteiger charge is 2.25. The van der Waals surface area contributed by atoms with E-state index in [-0.39, 0.29) is 25.2 Å². The van der Waals surface area contributed by atoms with Gasteiger partial charge in [0.05, 0.1) is 26.3 Å². The summed E-state index contributed by atoms with van der Waals surface area (Å²) in [5, 5.41) is 0. The van der Waals surface area contributed by atoms with E-state index in [1.54, 1.807) is 9.80 Å². The van der Waals surface area contributed by atoms with Gasteiger partial charge in [-0.1, -0.05) is 31.7 Å². The van der Waals surface area contributed by atoms with Gasteiger partial charge in [-0.25, -0.2) is 0 Å². The van der Waals surface area contributed by atoms with Gasteiger partial charge in [-0.3, -0.25) is 14.5 Å². The van der Waals surface area contributed by atoms with Crippen molar-refractivity contribution in [3.63, 3.8) is 0 Å². The SMILES string of the molecule is Cc1ccc(CN(Cc2ccc3c(c2)OCO3)C(=O)CN(CCN2CCOCC2)C(=O)CCC2CCCC2)o1. The Morgan fingerprint density at radius 3 is 2.51 bits per heavy atom. The molecule has 212 valence electrons. The fourth-order valence-corrected chi connectivity index (χ4v) is 5.68. The van der Waals surface area contributed by atoms with Crippen molar-refractivity contribution < 1.29 is 28.2 Å². The average Bonchev–Trinajstić information content (AvgIpc) is 3.72. The molecule has 0 spiro atoms. The number of aryl methyl sites for hydroxylation is 1. The van der Waals surface area contributed by atoms with Crippen LogP contribution in [0.1, 0.15) is 55.6 Å². The van der Waals surface area contributed by atoms with E-state index in [2.05, 4.69) is 4.90 Å². The molecule has 2 aliphatic heterocycles. The molecule has 0 N–H and O–H groups in total. The van der Waals surface area contributed by atoms with Gasteiger partial charge in [0.15, 0.2) is 11.5 Å². The maximum Gasteiger partial charge on any atom is 0.242 e. The fraction of sp³-hybridized carbons (Fsp3) is 0.600. The van der Waals surface area contributed by atoms with Crippen molar-refractivity contribution >= 4 is 11.8 Å². The van der Waals surface area contributed by atoms with E-state index in [0.717, 1.165) is 37.4 Å². The summed E-state index contributed by atoms with van der Waals surface area (Å²) in [5.74, 6) is 3.51. The first kappa shape index (κ1) is 27.5. The minimum atomic E-state index is -0.0992. The van der Waals surface area contributed by atoms with Crippen LogP contribution in [0.5, 0.6) is 11.5 Å². The van der Waals surface area contributed by atoms with E-state index >= 15 is 0 Å². The highest BCUT2D eigenvalue weighted by atomic mass is 16.7. The van der Waals surface area contributed by atoms with Crippen molar-refractivity contribution in [1.82, 2.24) is 14.7 Å². The summed E-state index contributed by atoms with van der Waals surface area (Å²) in [6.07, 6.45) is 6.37. The number of nitrogens with zero attached hydrogens (tertiary/aromatic N) is 3. The Morgan fingerprint density at radius 2 is 1.74 bits per heavy atom. The lowest BCUT2D eigenvalue weighted by Crippen LogP contribution is -2.47. The van der Waals surface area contributed by atoms with E-state index in [0.29, 0.717) is 62.4 Å². The van der Waals surface area contributed by atoms with Gasteiger partial charge in [0.25, 0.3) is 0 Å². The number of ether oxygens (including phenoxy) is 3. The highest BCUT2D eigenvalue weighted by Crippen LogP contribution is 2.33. The zero-order valence-electron chi connectivity index (χ0n) is 23.1. The van der Waals surface area contributed by atoms with E-state index < -0.39 is 0 Å². The standard InChI is InChI=1S/C30H41N3O6/c1-23-6-9-26(39-23)20-33(19-25-7-10-27-28(18-25)38-22-37-27)30(35)21-32(13-12-31-14-16-36-17-15-31)29(34)11-8-24-4-2-3-5-24/h6-7,9-10,18,24H,2-5,8,11-17,19-22H2,1H3. The summed E-state index contributed by atoms with van der Waals surface area (Å²) < 4.78 is 22.3. The molecule has 0 bridgehead atoms. The van der Waals surface area contributed by atoms with E-state index in [1.807, 2.05) is 37.3 Å². The summed E-state index contributed by atoms with van der Waals surface area (Å²) >= 11 is 0. The molecule has 1 saturated carbocycles. The van der Waals surface area contributed by atoms with Crippen LogP contribution in [0.4, 0.5) is 0 Å². The number of carbonyl (C=O) groups excluding carboxylic acids is 2. The molecule has 9 heteroatoms. The van der Waals surface area contributed by atoms with Gasteiger partial charge in [-0.05, 0) is 49.1 Å². The van der Waals surface area contributed by atoms with E-state index in [1.165, 1.54) is 25.7 Å². The quantitative estimate of drug-likeness (QED) is 0.403. The Hall–Kier alpha value is -3.04. The lowest BCUT2D eigenvalue weighted by atomic mass is 10.0. The highest BCUT2D eigenvalue weighted by molar-refractivity contribution is 5.85. The molecule has 1 saturated heterocycles. The predicted octanol–water partition coefficient (Wildman–Crippen LogP) is 3.98. The van der Waals surface area contributed by atoms with Crippen molar-refractivity contribution in [2.45, 2.75) is 58.5 Å². The zero-order chi connectivity index (χ0) is 27.0. The molecule has 2 fully saturated rings. The van der Waals surface area contributed by atoms with Crippen molar-refractivity contribution in [1.29, 1.82) is 0 Å². The molecule has 3 heterocycles. The van der Waals surface area contributed by atoms with Crippen LogP contribution in [-0.2, 0) is 27.4 Å². The number of hydrogen-bond acceptors (Lipinski definition) is 7. The van der Waals surface area contributed by atoms with Crippen molar-refractivity contribution in [3.8, 4) is 11.5 Å². The molecule has 0 atom stereocenters. The van der Waals surface area contributed by atoms with Crippen molar-refractivity contribution in [2.24, 2.45) is 5.92 Å². The summed E-state index contributed by atoms with van der Waals surface area (Å²) in [7, 11) is 0. The molecule has 5 rings (SSSR count). The molecule has 1 aromatic carbocycles. The number of morpholine rings is 1. The Bertz CT molecular complexity index is 1110. The minimum Gasteiger partial charge on any atom is -0.464 e. The number of hydrogen-bond donors (Lipinski definition) is 0. The number of carbonyl (C=O) groups is 2. The van der Waals surface area contributed by atoms with Gasteiger partial charge in [0, 0.05) is 39.1 Å². The maximum atomic E-state index is 13.8. The first-order valence-corrected chi connectivity index (χ1v) is 14.3. The van der Waals surface area contributed by atoms with Crippen LogP contribution in [-0.4, -0.2) is 79.2 Å². The third-order valence-electron chi connectivity index (χ3n) is 8.02. The molecule has 3 aliphatic rings. The number of furan rings is 1. The number of rotatable bonds is 12. The molecule has 1 aromatic heterocycles. The topological polar surface area (TPSA) is 84.7 Å². The molecule has 2 amide bonds. The smallest absolute Gasteiger partial charge is 0.242 e. The maximum absolute atomic E-state index is 13.8. The summed E-state index contributed by atoms with van der Waals surface area (Å²) in [6, 6.07) is 9.54. The minimum absolute atomic E-state index is 0.0537. The second-order valence-electron chi connectivity index (χ2n) is 10.9. The molecule has 1 aliphatic carbocycles. The van der Waals surface area contributed by atoms with Gasteiger partial charge in [-0.15, -0.1) is 0 Å². The Morgan fingerprint density at radius 1 is 0.949 bits per heavy atom. The van der Waals surface area contributed by atoms with Crippen LogP contribution in [0.15, 0.2) is 34.7 Å². The van der Waals surface area contributed by atoms with Crippen LogP contribution in [0.25, 0.3) is 0 Å². The molecule has 0 radical (unpaired) electrons. The summed E-state index contributed by atoms with van der Waals surface area (Å²) in [4.78, 5) is 33.1. The van der Waals surface area contributed by atoms with Crippen LogP contribution in [0, 0.1) is 12.8 Å². The molecule has 39 heavy (non-hydrogen) atoms. The largest absolute Gasteiger partial charge is 0.464 e. The first-order valence-electron chi connectivity index (χ1n) is 14.3. The Kier molecular flexibility index (Phi) is 9.42. The normalized spacial score (nSPS) is 17.5. The zero-order valence-corrected chi connectivity index (χ0v) is 23.1. The monoisotopic (exact) mass is 539 g/mol. The number of benzene rings is 1. The molecular formula is C30H41N3O6. The van der Waals surface area contributed by atoms with Crippen molar-refractivity contribution in [3.05, 3.63) is 47.4 Å². The fourth-order valence-electron chi connectivity index (χ4n) is 5.68.